The van der Waals surface area contributed by atoms with Gasteiger partial charge in [-0.15, -0.1) is 11.3 Å². The summed E-state index contributed by atoms with van der Waals surface area (Å²) >= 11 is 1.19. The van der Waals surface area contributed by atoms with Gasteiger partial charge in [0.15, 0.2) is 0 Å². The summed E-state index contributed by atoms with van der Waals surface area (Å²) in [6, 6.07) is 9.83. The number of aromatic nitrogens is 3. The van der Waals surface area contributed by atoms with Gasteiger partial charge < -0.3 is 9.26 Å². The molecule has 0 aliphatic rings. The minimum atomic E-state index is -0.428. The maximum Gasteiger partial charge on any atom is 0.348 e. The Morgan fingerprint density at radius 1 is 1.20 bits per heavy atom. The molecule has 0 aliphatic heterocycles. The lowest BCUT2D eigenvalue weighted by Crippen LogP contribution is -2.21. The maximum absolute atomic E-state index is 13.1. The molecule has 0 bridgehead atoms. The molecule has 7 nitrogen and oxygen atoms in total. The Balaban J connectivity index is 1.57. The molecule has 0 aliphatic carbocycles. The van der Waals surface area contributed by atoms with Crippen LogP contribution in [0.15, 0.2) is 46.0 Å². The van der Waals surface area contributed by atoms with Crippen LogP contribution in [0, 0.1) is 20.8 Å². The quantitative estimate of drug-likeness (QED) is 0.438. The van der Waals surface area contributed by atoms with E-state index in [0.717, 1.165) is 16.8 Å². The van der Waals surface area contributed by atoms with E-state index >= 15 is 0 Å². The van der Waals surface area contributed by atoms with E-state index in [1.54, 1.807) is 6.92 Å². The van der Waals surface area contributed by atoms with Gasteiger partial charge in [0.05, 0.1) is 30.6 Å². The van der Waals surface area contributed by atoms with E-state index in [1.807, 2.05) is 44.2 Å². The third kappa shape index (κ3) is 3.78. The summed E-state index contributed by atoms with van der Waals surface area (Å²) < 4.78 is 12.1. The number of carbonyl (C=O) groups excluding carboxylic acids is 1. The molecule has 4 rings (SSSR count). The number of hydrogen-bond donors (Lipinski definition) is 0. The Labute approximate surface area is 176 Å². The highest BCUT2D eigenvalue weighted by Gasteiger charge is 2.21. The molecule has 0 spiro atoms. The average molecular weight is 423 g/mol. The van der Waals surface area contributed by atoms with Crippen molar-refractivity contribution in [3.05, 3.63) is 80.0 Å². The Morgan fingerprint density at radius 2 is 1.97 bits per heavy atom. The summed E-state index contributed by atoms with van der Waals surface area (Å²) in [7, 11) is 0. The average Bonchev–Trinajstić information content (AvgIpc) is 3.25. The summed E-state index contributed by atoms with van der Waals surface area (Å²) in [6.45, 7) is 6.00. The number of esters is 1. The fraction of sp³-hybridized carbons (Fsp3) is 0.273. The van der Waals surface area contributed by atoms with Crippen molar-refractivity contribution in [1.82, 2.24) is 14.7 Å². The van der Waals surface area contributed by atoms with Crippen molar-refractivity contribution in [3.8, 4) is 0 Å². The van der Waals surface area contributed by atoms with E-state index in [4.69, 9.17) is 9.26 Å². The van der Waals surface area contributed by atoms with Crippen molar-refractivity contribution >= 4 is 27.5 Å². The van der Waals surface area contributed by atoms with Crippen LogP contribution < -0.4 is 5.56 Å². The first-order valence-corrected chi connectivity index (χ1v) is 10.4. The number of ether oxygens (including phenoxy) is 1. The zero-order valence-corrected chi connectivity index (χ0v) is 17.8. The second kappa shape index (κ2) is 8.23. The Bertz CT molecular complexity index is 1250. The van der Waals surface area contributed by atoms with Gasteiger partial charge in [0.2, 0.25) is 0 Å². The van der Waals surface area contributed by atoms with Gasteiger partial charge in [-0.2, -0.15) is 0 Å². The summed E-state index contributed by atoms with van der Waals surface area (Å²) in [4.78, 5) is 31.0. The van der Waals surface area contributed by atoms with Gasteiger partial charge in [0.1, 0.15) is 15.5 Å². The summed E-state index contributed by atoms with van der Waals surface area (Å²) in [5, 5.41) is 4.38. The molecule has 3 heterocycles. The second-order valence-electron chi connectivity index (χ2n) is 7.09. The topological polar surface area (TPSA) is 87.2 Å². The van der Waals surface area contributed by atoms with E-state index in [0.29, 0.717) is 39.4 Å². The molecule has 0 atom stereocenters. The Kier molecular flexibility index (Phi) is 5.50. The fourth-order valence-electron chi connectivity index (χ4n) is 3.34. The predicted octanol–water partition coefficient (Wildman–Crippen LogP) is 3.82. The molecular weight excluding hydrogens is 402 g/mol. The van der Waals surface area contributed by atoms with Gasteiger partial charge in [-0.05, 0) is 31.9 Å². The Hall–Kier alpha value is -3.26. The Morgan fingerprint density at radius 3 is 2.67 bits per heavy atom. The number of hydrogen-bond acceptors (Lipinski definition) is 7. The number of aryl methyl sites for hydroxylation is 3. The molecule has 154 valence electrons. The predicted molar refractivity (Wildman–Crippen MR) is 114 cm³/mol. The molecule has 0 fully saturated rings. The van der Waals surface area contributed by atoms with Gasteiger partial charge in [-0.25, -0.2) is 9.78 Å². The van der Waals surface area contributed by atoms with Crippen LogP contribution >= 0.6 is 11.3 Å². The lowest BCUT2D eigenvalue weighted by molar-refractivity contribution is 0.0514. The second-order valence-corrected chi connectivity index (χ2v) is 8.09. The van der Waals surface area contributed by atoms with E-state index in [-0.39, 0.29) is 12.2 Å². The van der Waals surface area contributed by atoms with Crippen LogP contribution in [0.25, 0.3) is 10.2 Å². The minimum absolute atomic E-state index is 0.197. The first kappa shape index (κ1) is 20.0. The smallest absolute Gasteiger partial charge is 0.348 e. The van der Waals surface area contributed by atoms with Crippen molar-refractivity contribution in [1.29, 1.82) is 0 Å². The highest BCUT2D eigenvalue weighted by atomic mass is 32.1. The normalized spacial score (nSPS) is 11.2. The maximum atomic E-state index is 13.1. The zero-order valence-electron chi connectivity index (χ0n) is 17.0. The SMILES string of the molecule is Cc1noc(C)c1Cn1cnc2sc(C(=O)OCCc3ccccc3)c(C)c2c1=O. The van der Waals surface area contributed by atoms with Crippen molar-refractivity contribution in [2.24, 2.45) is 0 Å². The number of carbonyl (C=O) groups is 1. The van der Waals surface area contributed by atoms with E-state index < -0.39 is 5.97 Å². The number of thiophene rings is 1. The van der Waals surface area contributed by atoms with E-state index in [1.165, 1.54) is 22.2 Å². The van der Waals surface area contributed by atoms with Crippen LogP contribution in [-0.4, -0.2) is 27.3 Å². The highest BCUT2D eigenvalue weighted by molar-refractivity contribution is 7.20. The third-order valence-electron chi connectivity index (χ3n) is 5.08. The first-order valence-electron chi connectivity index (χ1n) is 9.57. The fourth-order valence-corrected chi connectivity index (χ4v) is 4.37. The number of fused-ring (bicyclic) bond motifs is 1. The molecule has 8 heteroatoms. The molecule has 1 aromatic carbocycles. The van der Waals surface area contributed by atoms with E-state index in [9.17, 15) is 9.59 Å². The lowest BCUT2D eigenvalue weighted by atomic mass is 10.2. The van der Waals surface area contributed by atoms with Crippen LogP contribution in [0.5, 0.6) is 0 Å². The van der Waals surface area contributed by atoms with Crippen LogP contribution in [0.4, 0.5) is 0 Å². The molecular formula is C22H21N3O4S. The molecule has 4 aromatic rings. The zero-order chi connectivity index (χ0) is 21.3. The number of rotatable bonds is 6. The van der Waals surface area contributed by atoms with Crippen molar-refractivity contribution in [3.63, 3.8) is 0 Å². The molecule has 0 radical (unpaired) electrons. The first-order chi connectivity index (χ1) is 14.5. The van der Waals surface area contributed by atoms with Crippen molar-refractivity contribution in [2.75, 3.05) is 6.61 Å². The van der Waals surface area contributed by atoms with Crippen molar-refractivity contribution in [2.45, 2.75) is 33.7 Å². The molecule has 0 N–H and O–H groups in total. The van der Waals surface area contributed by atoms with Crippen LogP contribution in [0.1, 0.15) is 37.8 Å². The molecule has 3 aromatic heterocycles. The van der Waals surface area contributed by atoms with E-state index in [2.05, 4.69) is 10.1 Å². The summed E-state index contributed by atoms with van der Waals surface area (Å²) in [5.74, 6) is 0.243. The highest BCUT2D eigenvalue weighted by Crippen LogP contribution is 2.27. The largest absolute Gasteiger partial charge is 0.461 e. The van der Waals surface area contributed by atoms with Crippen LogP contribution in [0.3, 0.4) is 0 Å². The monoisotopic (exact) mass is 423 g/mol. The molecule has 0 amide bonds. The van der Waals surface area contributed by atoms with Gasteiger partial charge in [0, 0.05) is 12.0 Å². The van der Waals surface area contributed by atoms with Crippen molar-refractivity contribution < 1.29 is 14.1 Å². The summed E-state index contributed by atoms with van der Waals surface area (Å²) in [6.07, 6.45) is 2.13. The standard InChI is InChI=1S/C22H21N3O4S/c1-13-18-20(23-12-25(21(18)26)11-17-14(2)24-29-15(17)3)30-19(13)22(27)28-10-9-16-7-5-4-6-8-16/h4-8,12H,9-11H2,1-3H3. The minimum Gasteiger partial charge on any atom is -0.461 e. The van der Waals surface area contributed by atoms with Crippen LogP contribution in [0.2, 0.25) is 0 Å². The number of benzene rings is 1. The molecule has 0 saturated heterocycles. The van der Waals surface area contributed by atoms with Gasteiger partial charge in [-0.1, -0.05) is 35.5 Å². The lowest BCUT2D eigenvalue weighted by Gasteiger charge is -2.05. The van der Waals surface area contributed by atoms with Crippen LogP contribution in [-0.2, 0) is 17.7 Å². The third-order valence-corrected chi connectivity index (χ3v) is 6.26. The number of nitrogens with zero attached hydrogens (tertiary/aromatic N) is 3. The van der Waals surface area contributed by atoms with Gasteiger partial charge in [0.25, 0.3) is 5.56 Å². The molecule has 0 unspecified atom stereocenters. The summed E-state index contributed by atoms with van der Waals surface area (Å²) in [5.41, 5.74) is 3.10. The molecule has 0 saturated carbocycles. The van der Waals surface area contributed by atoms with Gasteiger partial charge in [-0.3, -0.25) is 9.36 Å². The van der Waals surface area contributed by atoms with Gasteiger partial charge >= 0.3 is 5.97 Å². The molecule has 30 heavy (non-hydrogen) atoms.